The van der Waals surface area contributed by atoms with Crippen LogP contribution in [0.2, 0.25) is 0 Å². The van der Waals surface area contributed by atoms with Gasteiger partial charge in [-0.2, -0.15) is 0 Å². The first kappa shape index (κ1) is 17.7. The number of hydrogen-bond acceptors (Lipinski definition) is 4. The molecule has 0 spiro atoms. The van der Waals surface area contributed by atoms with Crippen LogP contribution >= 0.6 is 0 Å². The van der Waals surface area contributed by atoms with Crippen LogP contribution in [0, 0.1) is 0 Å². The maximum absolute atomic E-state index is 4.43. The van der Waals surface area contributed by atoms with Crippen LogP contribution in [0.4, 0.5) is 0 Å². The van der Waals surface area contributed by atoms with Gasteiger partial charge in [0, 0.05) is 45.8 Å². The number of nitrogens with zero attached hydrogens (tertiary/aromatic N) is 6. The summed E-state index contributed by atoms with van der Waals surface area (Å²) in [5, 5.41) is 11.9. The molecule has 0 radical (unpaired) electrons. The van der Waals surface area contributed by atoms with Crippen molar-refractivity contribution in [1.29, 1.82) is 0 Å². The average molecular weight is 343 g/mol. The number of aliphatic imine (C=N–C) groups is 1. The van der Waals surface area contributed by atoms with E-state index in [1.807, 2.05) is 35.8 Å². The Bertz CT molecular complexity index is 708. The second-order valence-electron chi connectivity index (χ2n) is 6.57. The fourth-order valence-corrected chi connectivity index (χ4v) is 3.65. The van der Waals surface area contributed by atoms with Crippen LogP contribution in [-0.4, -0.2) is 76.7 Å². The van der Waals surface area contributed by atoms with E-state index in [2.05, 4.69) is 44.3 Å². The van der Waals surface area contributed by atoms with Crippen LogP contribution in [0.1, 0.15) is 25.6 Å². The quantitative estimate of drug-likeness (QED) is 0.632. The monoisotopic (exact) mass is 343 g/mol. The van der Waals surface area contributed by atoms with Crippen LogP contribution in [0.15, 0.2) is 29.4 Å². The van der Waals surface area contributed by atoms with Crippen molar-refractivity contribution in [2.75, 3.05) is 40.3 Å². The Balaban J connectivity index is 1.52. The summed E-state index contributed by atoms with van der Waals surface area (Å²) in [7, 11) is 3.96. The third-order valence-corrected chi connectivity index (χ3v) is 4.98. The fourth-order valence-electron chi connectivity index (χ4n) is 3.65. The van der Waals surface area contributed by atoms with Crippen molar-refractivity contribution in [2.45, 2.75) is 32.2 Å². The lowest BCUT2D eigenvalue weighted by molar-refractivity contribution is 0.233. The van der Waals surface area contributed by atoms with Crippen molar-refractivity contribution in [3.63, 3.8) is 0 Å². The Kier molecular flexibility index (Phi) is 5.86. The minimum absolute atomic E-state index is 0.633. The highest BCUT2D eigenvalue weighted by Gasteiger charge is 2.24. The van der Waals surface area contributed by atoms with Gasteiger partial charge in [0.15, 0.2) is 11.6 Å². The number of aromatic nitrogens is 3. The zero-order valence-corrected chi connectivity index (χ0v) is 15.5. The normalized spacial score (nSPS) is 18.8. The molecule has 25 heavy (non-hydrogen) atoms. The van der Waals surface area contributed by atoms with E-state index in [1.165, 1.54) is 19.4 Å². The molecule has 0 bridgehead atoms. The smallest absolute Gasteiger partial charge is 0.193 e. The standard InChI is InChI=1S/C18H29N7/c1-4-24-12-7-8-15(24)14-23(3)18(19-2)20-11-10-17-22-21-16-9-5-6-13-25(16)17/h5-6,9,13,15H,4,7-8,10-12,14H2,1-3H3,(H,19,20). The Morgan fingerprint density at radius 3 is 3.08 bits per heavy atom. The molecule has 1 atom stereocenters. The third-order valence-electron chi connectivity index (χ3n) is 4.98. The lowest BCUT2D eigenvalue weighted by Gasteiger charge is -2.29. The summed E-state index contributed by atoms with van der Waals surface area (Å²) in [6.45, 7) is 6.40. The van der Waals surface area contributed by atoms with Gasteiger partial charge in [0.25, 0.3) is 0 Å². The van der Waals surface area contributed by atoms with Crippen LogP contribution in [0.5, 0.6) is 0 Å². The van der Waals surface area contributed by atoms with Crippen LogP contribution in [0.3, 0.4) is 0 Å². The third kappa shape index (κ3) is 4.10. The Morgan fingerprint density at radius 1 is 1.40 bits per heavy atom. The van der Waals surface area contributed by atoms with Crippen molar-refractivity contribution in [2.24, 2.45) is 4.99 Å². The lowest BCUT2D eigenvalue weighted by atomic mass is 10.2. The summed E-state index contributed by atoms with van der Waals surface area (Å²) in [5.74, 6) is 1.91. The Morgan fingerprint density at radius 2 is 2.28 bits per heavy atom. The molecule has 2 aromatic rings. The maximum Gasteiger partial charge on any atom is 0.193 e. The van der Waals surface area contributed by atoms with Gasteiger partial charge >= 0.3 is 0 Å². The highest BCUT2D eigenvalue weighted by molar-refractivity contribution is 5.79. The Labute approximate surface area is 149 Å². The van der Waals surface area contributed by atoms with Gasteiger partial charge in [-0.1, -0.05) is 13.0 Å². The molecular formula is C18H29N7. The minimum Gasteiger partial charge on any atom is -0.356 e. The number of likely N-dealkylation sites (tertiary alicyclic amines) is 1. The van der Waals surface area contributed by atoms with Crippen molar-refractivity contribution >= 4 is 11.6 Å². The van der Waals surface area contributed by atoms with Gasteiger partial charge < -0.3 is 10.2 Å². The van der Waals surface area contributed by atoms with Crippen molar-refractivity contribution < 1.29 is 0 Å². The van der Waals surface area contributed by atoms with Crippen LogP contribution in [0.25, 0.3) is 5.65 Å². The molecule has 7 nitrogen and oxygen atoms in total. The summed E-state index contributed by atoms with van der Waals surface area (Å²) in [5.41, 5.74) is 0.889. The number of fused-ring (bicyclic) bond motifs is 1. The second-order valence-corrected chi connectivity index (χ2v) is 6.57. The van der Waals surface area contributed by atoms with E-state index >= 15 is 0 Å². The van der Waals surface area contributed by atoms with Crippen molar-refractivity contribution in [3.05, 3.63) is 30.2 Å². The second kappa shape index (κ2) is 8.29. The van der Waals surface area contributed by atoms with Crippen LogP contribution < -0.4 is 5.32 Å². The summed E-state index contributed by atoms with van der Waals surface area (Å²) in [6.07, 6.45) is 5.40. The first-order valence-electron chi connectivity index (χ1n) is 9.17. The van der Waals surface area contributed by atoms with Crippen molar-refractivity contribution in [3.8, 4) is 0 Å². The number of guanidine groups is 1. The molecule has 2 aromatic heterocycles. The van der Waals surface area contributed by atoms with Crippen LogP contribution in [-0.2, 0) is 6.42 Å². The molecule has 1 aliphatic heterocycles. The van der Waals surface area contributed by atoms with Crippen molar-refractivity contribution in [1.82, 2.24) is 29.7 Å². The van der Waals surface area contributed by atoms with E-state index in [0.717, 1.165) is 43.5 Å². The zero-order chi connectivity index (χ0) is 17.6. The number of rotatable bonds is 6. The number of nitrogens with one attached hydrogen (secondary N) is 1. The first-order chi connectivity index (χ1) is 12.2. The van der Waals surface area contributed by atoms with Gasteiger partial charge in [0.05, 0.1) is 0 Å². The van der Waals surface area contributed by atoms with E-state index in [4.69, 9.17) is 0 Å². The summed E-state index contributed by atoms with van der Waals surface area (Å²) < 4.78 is 2.03. The number of pyridine rings is 1. The molecule has 0 aliphatic carbocycles. The van der Waals surface area contributed by atoms with Gasteiger partial charge in [-0.15, -0.1) is 10.2 Å². The molecular weight excluding hydrogens is 314 g/mol. The summed E-state index contributed by atoms with van der Waals surface area (Å²) in [4.78, 5) is 9.23. The molecule has 1 unspecified atom stereocenters. The highest BCUT2D eigenvalue weighted by atomic mass is 15.3. The number of hydrogen-bond donors (Lipinski definition) is 1. The molecule has 3 heterocycles. The largest absolute Gasteiger partial charge is 0.356 e. The predicted octanol–water partition coefficient (Wildman–Crippen LogP) is 1.26. The summed E-state index contributed by atoms with van der Waals surface area (Å²) >= 11 is 0. The lowest BCUT2D eigenvalue weighted by Crippen LogP contribution is -2.46. The van der Waals surface area contributed by atoms with E-state index < -0.39 is 0 Å². The molecule has 0 amide bonds. The van der Waals surface area contributed by atoms with Gasteiger partial charge in [0.1, 0.15) is 5.82 Å². The van der Waals surface area contributed by atoms with E-state index in [-0.39, 0.29) is 0 Å². The average Bonchev–Trinajstić information content (AvgIpc) is 3.25. The zero-order valence-electron chi connectivity index (χ0n) is 15.5. The van der Waals surface area contributed by atoms with E-state index in [9.17, 15) is 0 Å². The molecule has 3 rings (SSSR count). The molecule has 7 heteroatoms. The van der Waals surface area contributed by atoms with E-state index in [1.54, 1.807) is 0 Å². The molecule has 1 fully saturated rings. The maximum atomic E-state index is 4.43. The topological polar surface area (TPSA) is 61.1 Å². The fraction of sp³-hybridized carbons (Fsp3) is 0.611. The molecule has 0 aromatic carbocycles. The molecule has 1 aliphatic rings. The predicted molar refractivity (Wildman–Crippen MR) is 101 cm³/mol. The van der Waals surface area contributed by atoms with Gasteiger partial charge in [0.2, 0.25) is 0 Å². The molecule has 1 saturated heterocycles. The first-order valence-corrected chi connectivity index (χ1v) is 9.17. The minimum atomic E-state index is 0.633. The molecule has 136 valence electrons. The molecule has 1 N–H and O–H groups in total. The number of likely N-dealkylation sites (N-methyl/N-ethyl adjacent to an activating group) is 2. The highest BCUT2D eigenvalue weighted by Crippen LogP contribution is 2.17. The van der Waals surface area contributed by atoms with Gasteiger partial charge in [-0.3, -0.25) is 14.3 Å². The van der Waals surface area contributed by atoms with Gasteiger partial charge in [-0.05, 0) is 38.1 Å². The summed E-state index contributed by atoms with van der Waals surface area (Å²) in [6, 6.07) is 6.58. The SMILES string of the molecule is CCN1CCCC1CN(C)C(=NC)NCCc1nnc2ccccn12. The Hall–Kier alpha value is -2.15. The van der Waals surface area contributed by atoms with E-state index in [0.29, 0.717) is 6.04 Å². The van der Waals surface area contributed by atoms with Gasteiger partial charge in [-0.25, -0.2) is 0 Å². The molecule has 0 saturated carbocycles.